The zero-order valence-corrected chi connectivity index (χ0v) is 12.0. The number of H-pyrrole nitrogens is 1. The summed E-state index contributed by atoms with van der Waals surface area (Å²) in [4.78, 5) is 15.1. The Kier molecular flexibility index (Phi) is 3.70. The van der Waals surface area contributed by atoms with Crippen molar-refractivity contribution in [3.8, 4) is 11.3 Å². The highest BCUT2D eigenvalue weighted by atomic mass is 32.2. The van der Waals surface area contributed by atoms with Gasteiger partial charge in [-0.25, -0.2) is 0 Å². The van der Waals surface area contributed by atoms with Crippen LogP contribution >= 0.6 is 11.8 Å². The SMILES string of the molecule is O=c1c(SC(F)(F)F)c(-c2ccccc2)[nH]c2ccccc12. The first-order valence-corrected chi connectivity index (χ1v) is 7.23. The van der Waals surface area contributed by atoms with E-state index in [0.717, 1.165) is 0 Å². The van der Waals surface area contributed by atoms with Crippen molar-refractivity contribution in [2.75, 3.05) is 0 Å². The van der Waals surface area contributed by atoms with Crippen LogP contribution in [0.1, 0.15) is 0 Å². The van der Waals surface area contributed by atoms with Crippen molar-refractivity contribution in [1.29, 1.82) is 0 Å². The van der Waals surface area contributed by atoms with E-state index in [9.17, 15) is 18.0 Å². The Morgan fingerprint density at radius 2 is 1.55 bits per heavy atom. The Morgan fingerprint density at radius 3 is 2.23 bits per heavy atom. The molecule has 1 N–H and O–H groups in total. The number of benzene rings is 2. The van der Waals surface area contributed by atoms with Crippen molar-refractivity contribution >= 4 is 22.7 Å². The first kappa shape index (κ1) is 14.7. The molecule has 1 heterocycles. The molecule has 3 aromatic rings. The fourth-order valence-electron chi connectivity index (χ4n) is 2.24. The van der Waals surface area contributed by atoms with E-state index >= 15 is 0 Å². The fraction of sp³-hybridized carbons (Fsp3) is 0.0625. The second-order valence-electron chi connectivity index (χ2n) is 4.62. The molecule has 3 rings (SSSR count). The average Bonchev–Trinajstić information content (AvgIpc) is 2.50. The van der Waals surface area contributed by atoms with Crippen molar-refractivity contribution in [1.82, 2.24) is 4.98 Å². The van der Waals surface area contributed by atoms with Crippen LogP contribution in [0.25, 0.3) is 22.2 Å². The maximum atomic E-state index is 12.8. The van der Waals surface area contributed by atoms with E-state index in [0.29, 0.717) is 11.1 Å². The van der Waals surface area contributed by atoms with Crippen LogP contribution in [0.5, 0.6) is 0 Å². The third kappa shape index (κ3) is 2.87. The van der Waals surface area contributed by atoms with E-state index in [4.69, 9.17) is 0 Å². The molecule has 2 aromatic carbocycles. The van der Waals surface area contributed by atoms with E-state index in [1.807, 2.05) is 0 Å². The van der Waals surface area contributed by atoms with Crippen molar-refractivity contribution in [2.45, 2.75) is 10.4 Å². The number of alkyl halides is 3. The van der Waals surface area contributed by atoms with Gasteiger partial charge in [-0.1, -0.05) is 42.5 Å². The number of para-hydroxylation sites is 1. The zero-order chi connectivity index (χ0) is 15.7. The quantitative estimate of drug-likeness (QED) is 0.687. The van der Waals surface area contributed by atoms with Crippen LogP contribution in [-0.4, -0.2) is 10.5 Å². The molecule has 0 spiro atoms. The van der Waals surface area contributed by atoms with Crippen LogP contribution in [0.3, 0.4) is 0 Å². The van der Waals surface area contributed by atoms with Gasteiger partial charge in [-0.3, -0.25) is 4.79 Å². The predicted octanol–water partition coefficient (Wildman–Crippen LogP) is 4.81. The number of hydrogen-bond acceptors (Lipinski definition) is 2. The van der Waals surface area contributed by atoms with Gasteiger partial charge in [0.1, 0.15) is 0 Å². The number of fused-ring (bicyclic) bond motifs is 1. The summed E-state index contributed by atoms with van der Waals surface area (Å²) in [5.74, 6) is 0. The summed E-state index contributed by atoms with van der Waals surface area (Å²) in [6.45, 7) is 0. The van der Waals surface area contributed by atoms with Gasteiger partial charge in [0.25, 0.3) is 0 Å². The monoisotopic (exact) mass is 321 g/mol. The largest absolute Gasteiger partial charge is 0.446 e. The maximum absolute atomic E-state index is 12.8. The highest BCUT2D eigenvalue weighted by Gasteiger charge is 2.32. The highest BCUT2D eigenvalue weighted by Crippen LogP contribution is 2.39. The summed E-state index contributed by atoms with van der Waals surface area (Å²) in [5.41, 5.74) is -3.91. The van der Waals surface area contributed by atoms with Crippen LogP contribution in [-0.2, 0) is 0 Å². The van der Waals surface area contributed by atoms with E-state index in [-0.39, 0.29) is 27.7 Å². The Labute approximate surface area is 128 Å². The van der Waals surface area contributed by atoms with E-state index in [1.165, 1.54) is 6.07 Å². The number of aromatic nitrogens is 1. The van der Waals surface area contributed by atoms with Gasteiger partial charge >= 0.3 is 5.51 Å². The van der Waals surface area contributed by atoms with Crippen molar-refractivity contribution in [3.63, 3.8) is 0 Å². The molecule has 0 saturated carbocycles. The van der Waals surface area contributed by atoms with Crippen LogP contribution < -0.4 is 5.43 Å². The van der Waals surface area contributed by atoms with Gasteiger partial charge in [0, 0.05) is 10.9 Å². The van der Waals surface area contributed by atoms with Gasteiger partial charge in [-0.15, -0.1) is 0 Å². The summed E-state index contributed by atoms with van der Waals surface area (Å²) in [7, 11) is 0. The topological polar surface area (TPSA) is 32.9 Å². The molecular formula is C16H10F3NOS. The number of halogens is 3. The molecule has 0 aliphatic carbocycles. The lowest BCUT2D eigenvalue weighted by Gasteiger charge is -2.12. The van der Waals surface area contributed by atoms with Crippen LogP contribution in [0.2, 0.25) is 0 Å². The molecule has 112 valence electrons. The van der Waals surface area contributed by atoms with Gasteiger partial charge in [0.05, 0.1) is 10.6 Å². The molecular weight excluding hydrogens is 311 g/mol. The number of nitrogens with one attached hydrogen (secondary N) is 1. The van der Waals surface area contributed by atoms with Crippen LogP contribution in [0, 0.1) is 0 Å². The zero-order valence-electron chi connectivity index (χ0n) is 11.1. The molecule has 0 radical (unpaired) electrons. The Balaban J connectivity index is 2.33. The molecule has 2 nitrogen and oxygen atoms in total. The van der Waals surface area contributed by atoms with Crippen molar-refractivity contribution < 1.29 is 13.2 Å². The smallest absolute Gasteiger partial charge is 0.353 e. The van der Waals surface area contributed by atoms with Crippen molar-refractivity contribution in [2.24, 2.45) is 0 Å². The minimum Gasteiger partial charge on any atom is -0.353 e. The minimum absolute atomic E-state index is 0.187. The Hall–Kier alpha value is -2.21. The molecule has 6 heteroatoms. The lowest BCUT2D eigenvalue weighted by atomic mass is 10.1. The second kappa shape index (κ2) is 5.53. The average molecular weight is 321 g/mol. The van der Waals surface area contributed by atoms with Gasteiger partial charge in [-0.2, -0.15) is 13.2 Å². The maximum Gasteiger partial charge on any atom is 0.446 e. The first-order chi connectivity index (χ1) is 10.5. The number of hydrogen-bond donors (Lipinski definition) is 1. The molecule has 22 heavy (non-hydrogen) atoms. The lowest BCUT2D eigenvalue weighted by molar-refractivity contribution is -0.0328. The van der Waals surface area contributed by atoms with Crippen LogP contribution in [0.4, 0.5) is 13.2 Å². The molecule has 0 aliphatic rings. The van der Waals surface area contributed by atoms with E-state index in [1.54, 1.807) is 48.5 Å². The van der Waals surface area contributed by atoms with Gasteiger partial charge in [0.15, 0.2) is 0 Å². The lowest BCUT2D eigenvalue weighted by Crippen LogP contribution is -2.12. The normalized spacial score (nSPS) is 11.8. The third-order valence-corrected chi connectivity index (χ3v) is 3.97. The Morgan fingerprint density at radius 1 is 0.909 bits per heavy atom. The summed E-state index contributed by atoms with van der Waals surface area (Å²) in [6.07, 6.45) is 0. The molecule has 0 saturated heterocycles. The first-order valence-electron chi connectivity index (χ1n) is 6.42. The summed E-state index contributed by atoms with van der Waals surface area (Å²) < 4.78 is 38.5. The number of aromatic amines is 1. The standard InChI is InChI=1S/C16H10F3NOS/c17-16(18,19)22-15-13(10-6-2-1-3-7-10)20-12-9-5-4-8-11(12)14(15)21/h1-9H,(H,20,21). The number of thioether (sulfide) groups is 1. The predicted molar refractivity (Wildman–Crippen MR) is 81.9 cm³/mol. The van der Waals surface area contributed by atoms with E-state index in [2.05, 4.69) is 4.98 Å². The minimum atomic E-state index is -4.53. The molecule has 0 unspecified atom stereocenters. The molecule has 0 fully saturated rings. The molecule has 1 aromatic heterocycles. The summed E-state index contributed by atoms with van der Waals surface area (Å²) >= 11 is -0.380. The third-order valence-electron chi connectivity index (χ3n) is 3.14. The molecule has 0 aliphatic heterocycles. The van der Waals surface area contributed by atoms with Crippen molar-refractivity contribution in [3.05, 3.63) is 64.8 Å². The molecule has 0 amide bonds. The number of rotatable bonds is 2. The van der Waals surface area contributed by atoms with Gasteiger partial charge < -0.3 is 4.98 Å². The molecule has 0 atom stereocenters. The number of pyridine rings is 1. The van der Waals surface area contributed by atoms with E-state index < -0.39 is 10.9 Å². The van der Waals surface area contributed by atoms with Crippen LogP contribution in [0.15, 0.2) is 64.3 Å². The summed E-state index contributed by atoms with van der Waals surface area (Å²) in [5, 5.41) is 0.244. The Bertz CT molecular complexity index is 872. The second-order valence-corrected chi connectivity index (χ2v) is 5.69. The molecule has 0 bridgehead atoms. The summed E-state index contributed by atoms with van der Waals surface area (Å²) in [6, 6.07) is 15.1. The van der Waals surface area contributed by atoms with Gasteiger partial charge in [-0.05, 0) is 29.5 Å². The highest BCUT2D eigenvalue weighted by molar-refractivity contribution is 8.00. The fourth-order valence-corrected chi connectivity index (χ4v) is 2.94. The van der Waals surface area contributed by atoms with Gasteiger partial charge in [0.2, 0.25) is 5.43 Å².